The van der Waals surface area contributed by atoms with E-state index in [-0.39, 0.29) is 0 Å². The zero-order valence-electron chi connectivity index (χ0n) is 12.6. The molecule has 0 heterocycles. The molecule has 0 radical (unpaired) electrons. The largest absolute Gasteiger partial charge is 0.494 e. The number of rotatable bonds is 11. The molecule has 0 atom stereocenters. The second-order valence-electron chi connectivity index (χ2n) is 4.67. The van der Waals surface area contributed by atoms with Gasteiger partial charge in [0, 0.05) is 11.5 Å². The van der Waals surface area contributed by atoms with Crippen LogP contribution in [0.4, 0.5) is 0 Å². The maximum atomic E-state index is 5.66. The molecule has 0 aromatic heterocycles. The van der Waals surface area contributed by atoms with Gasteiger partial charge in [0.2, 0.25) is 0 Å². The third kappa shape index (κ3) is 7.66. The molecule has 2 rings (SSSR count). The topological polar surface area (TPSA) is 18.5 Å². The predicted molar refractivity (Wildman–Crippen MR) is 98.0 cm³/mol. The van der Waals surface area contributed by atoms with Crippen molar-refractivity contribution in [2.24, 2.45) is 0 Å². The van der Waals surface area contributed by atoms with Crippen LogP contribution >= 0.6 is 21.6 Å². The van der Waals surface area contributed by atoms with Crippen LogP contribution in [-0.2, 0) is 0 Å². The molecule has 0 bridgehead atoms. The fourth-order valence-corrected chi connectivity index (χ4v) is 3.89. The normalized spacial score (nSPS) is 10.4. The van der Waals surface area contributed by atoms with Gasteiger partial charge in [0.25, 0.3) is 0 Å². The van der Waals surface area contributed by atoms with E-state index in [1.807, 2.05) is 82.3 Å². The van der Waals surface area contributed by atoms with Gasteiger partial charge in [-0.25, -0.2) is 0 Å². The first-order chi connectivity index (χ1) is 10.9. The van der Waals surface area contributed by atoms with E-state index in [1.54, 1.807) is 0 Å². The quantitative estimate of drug-likeness (QED) is 0.409. The zero-order chi connectivity index (χ0) is 15.3. The Labute approximate surface area is 141 Å². The van der Waals surface area contributed by atoms with Crippen molar-refractivity contribution in [3.63, 3.8) is 0 Å². The van der Waals surface area contributed by atoms with Crippen molar-refractivity contribution >= 4 is 21.6 Å². The summed E-state index contributed by atoms with van der Waals surface area (Å²) in [7, 11) is 3.83. The molecule has 0 aliphatic carbocycles. The highest BCUT2D eigenvalue weighted by molar-refractivity contribution is 8.76. The third-order valence-electron chi connectivity index (χ3n) is 2.85. The lowest BCUT2D eigenvalue weighted by Gasteiger charge is -2.06. The summed E-state index contributed by atoms with van der Waals surface area (Å²) < 4.78 is 11.3. The van der Waals surface area contributed by atoms with Crippen molar-refractivity contribution in [1.29, 1.82) is 0 Å². The lowest BCUT2D eigenvalue weighted by molar-refractivity contribution is 0.318. The summed E-state index contributed by atoms with van der Waals surface area (Å²) in [6, 6.07) is 20.0. The molecule has 0 amide bonds. The average molecular weight is 335 g/mol. The van der Waals surface area contributed by atoms with Crippen molar-refractivity contribution < 1.29 is 9.47 Å². The molecule has 0 saturated carbocycles. The fraction of sp³-hybridized carbons (Fsp3) is 0.333. The summed E-state index contributed by atoms with van der Waals surface area (Å²) in [5.41, 5.74) is 0. The molecule has 22 heavy (non-hydrogen) atoms. The van der Waals surface area contributed by atoms with Crippen molar-refractivity contribution in [2.75, 3.05) is 24.7 Å². The van der Waals surface area contributed by atoms with Crippen LogP contribution in [0, 0.1) is 0 Å². The van der Waals surface area contributed by atoms with Crippen LogP contribution < -0.4 is 9.47 Å². The SMILES string of the molecule is c1ccc(OCCCSSCCCOc2ccccc2)cc1. The first-order valence-electron chi connectivity index (χ1n) is 7.55. The summed E-state index contributed by atoms with van der Waals surface area (Å²) >= 11 is 0. The number of hydrogen-bond acceptors (Lipinski definition) is 4. The van der Waals surface area contributed by atoms with E-state index in [4.69, 9.17) is 9.47 Å². The van der Waals surface area contributed by atoms with E-state index >= 15 is 0 Å². The molecule has 118 valence electrons. The molecule has 0 saturated heterocycles. The summed E-state index contributed by atoms with van der Waals surface area (Å²) in [4.78, 5) is 0. The molecule has 2 nitrogen and oxygen atoms in total. The molecule has 0 N–H and O–H groups in total. The van der Waals surface area contributed by atoms with Gasteiger partial charge in [-0.05, 0) is 37.1 Å². The Hall–Kier alpha value is -1.26. The minimum absolute atomic E-state index is 0.786. The highest BCUT2D eigenvalue weighted by Crippen LogP contribution is 2.23. The van der Waals surface area contributed by atoms with Crippen LogP contribution in [0.3, 0.4) is 0 Å². The van der Waals surface area contributed by atoms with Gasteiger partial charge >= 0.3 is 0 Å². The summed E-state index contributed by atoms with van der Waals surface area (Å²) in [5, 5.41) is 0. The molecule has 0 unspecified atom stereocenters. The molecule has 2 aromatic rings. The Bertz CT molecular complexity index is 443. The van der Waals surface area contributed by atoms with Gasteiger partial charge < -0.3 is 9.47 Å². The first-order valence-corrected chi connectivity index (χ1v) is 10.0. The third-order valence-corrected chi connectivity index (χ3v) is 5.43. The van der Waals surface area contributed by atoms with Crippen molar-refractivity contribution in [2.45, 2.75) is 12.8 Å². The fourth-order valence-electron chi connectivity index (χ4n) is 1.77. The predicted octanol–water partition coefficient (Wildman–Crippen LogP) is 5.31. The second-order valence-corrected chi connectivity index (χ2v) is 7.38. The first kappa shape index (κ1) is 17.1. The summed E-state index contributed by atoms with van der Waals surface area (Å²) in [5.74, 6) is 4.16. The molecular weight excluding hydrogens is 312 g/mol. The molecule has 0 spiro atoms. The maximum Gasteiger partial charge on any atom is 0.119 e. The van der Waals surface area contributed by atoms with Gasteiger partial charge in [0.1, 0.15) is 11.5 Å². The van der Waals surface area contributed by atoms with Crippen LogP contribution in [0.5, 0.6) is 11.5 Å². The smallest absolute Gasteiger partial charge is 0.119 e. The maximum absolute atomic E-state index is 5.66. The summed E-state index contributed by atoms with van der Waals surface area (Å²) in [6.45, 7) is 1.57. The lowest BCUT2D eigenvalue weighted by Crippen LogP contribution is -1.99. The van der Waals surface area contributed by atoms with E-state index in [1.165, 1.54) is 0 Å². The van der Waals surface area contributed by atoms with Crippen LogP contribution in [-0.4, -0.2) is 24.7 Å². The second kappa shape index (κ2) is 11.3. The van der Waals surface area contributed by atoms with Crippen molar-refractivity contribution in [3.05, 3.63) is 60.7 Å². The Morgan fingerprint density at radius 3 is 1.41 bits per heavy atom. The van der Waals surface area contributed by atoms with E-state index in [2.05, 4.69) is 0 Å². The highest BCUT2D eigenvalue weighted by Gasteiger charge is 1.95. The Balaban J connectivity index is 1.37. The van der Waals surface area contributed by atoms with E-state index in [0.29, 0.717) is 0 Å². The number of para-hydroxylation sites is 2. The Morgan fingerprint density at radius 1 is 0.591 bits per heavy atom. The molecule has 2 aromatic carbocycles. The molecule has 0 aliphatic heterocycles. The number of ether oxygens (including phenoxy) is 2. The van der Waals surface area contributed by atoms with Gasteiger partial charge in [-0.1, -0.05) is 58.0 Å². The van der Waals surface area contributed by atoms with Gasteiger partial charge in [-0.2, -0.15) is 0 Å². The number of hydrogen-bond donors (Lipinski definition) is 0. The molecule has 0 fully saturated rings. The number of benzene rings is 2. The van der Waals surface area contributed by atoms with Gasteiger partial charge in [-0.15, -0.1) is 0 Å². The van der Waals surface area contributed by atoms with Crippen molar-refractivity contribution in [3.8, 4) is 11.5 Å². The minimum atomic E-state index is 0.786. The molecule has 4 heteroatoms. The van der Waals surface area contributed by atoms with Crippen molar-refractivity contribution in [1.82, 2.24) is 0 Å². The average Bonchev–Trinajstić information content (AvgIpc) is 2.58. The van der Waals surface area contributed by atoms with Gasteiger partial charge in [-0.3, -0.25) is 0 Å². The van der Waals surface area contributed by atoms with Crippen LogP contribution in [0.15, 0.2) is 60.7 Å². The monoisotopic (exact) mass is 334 g/mol. The standard InChI is InChI=1S/C18H22O2S2/c1-3-9-17(10-4-1)19-13-7-15-21-22-16-8-14-20-18-11-5-2-6-12-18/h1-6,9-12H,7-8,13-16H2. The van der Waals surface area contributed by atoms with E-state index in [9.17, 15) is 0 Å². The summed E-state index contributed by atoms with van der Waals surface area (Å²) in [6.07, 6.45) is 2.15. The van der Waals surface area contributed by atoms with Crippen LogP contribution in [0.2, 0.25) is 0 Å². The lowest BCUT2D eigenvalue weighted by atomic mass is 10.3. The highest BCUT2D eigenvalue weighted by atomic mass is 33.1. The molecular formula is C18H22O2S2. The Morgan fingerprint density at radius 2 is 1.00 bits per heavy atom. The van der Waals surface area contributed by atoms with Gasteiger partial charge in [0.15, 0.2) is 0 Å². The van der Waals surface area contributed by atoms with E-state index < -0.39 is 0 Å². The zero-order valence-corrected chi connectivity index (χ0v) is 14.3. The van der Waals surface area contributed by atoms with E-state index in [0.717, 1.165) is 49.1 Å². The van der Waals surface area contributed by atoms with Gasteiger partial charge in [0.05, 0.1) is 13.2 Å². The van der Waals surface area contributed by atoms with Crippen LogP contribution in [0.25, 0.3) is 0 Å². The van der Waals surface area contributed by atoms with Crippen LogP contribution in [0.1, 0.15) is 12.8 Å². The minimum Gasteiger partial charge on any atom is -0.494 e. The Kier molecular flexibility index (Phi) is 8.80. The molecule has 0 aliphatic rings.